The summed E-state index contributed by atoms with van der Waals surface area (Å²) in [5.41, 5.74) is 1.80. The number of carbonyl (C=O) groups excluding carboxylic acids is 1. The van der Waals surface area contributed by atoms with Crippen LogP contribution in [0.1, 0.15) is 25.3 Å². The maximum atomic E-state index is 12.1. The van der Waals surface area contributed by atoms with Gasteiger partial charge < -0.3 is 16.0 Å². The highest BCUT2D eigenvalue weighted by Gasteiger charge is 2.11. The molecule has 7 heteroatoms. The van der Waals surface area contributed by atoms with Gasteiger partial charge in [0.25, 0.3) is 0 Å². The first kappa shape index (κ1) is 18.7. The van der Waals surface area contributed by atoms with Crippen LogP contribution in [-0.2, 0) is 17.9 Å². The molecule has 1 aromatic carbocycles. The van der Waals surface area contributed by atoms with Crippen LogP contribution >= 0.6 is 0 Å². The summed E-state index contributed by atoms with van der Waals surface area (Å²) in [6.45, 7) is 3.60. The fourth-order valence-corrected chi connectivity index (χ4v) is 2.91. The zero-order valence-electron chi connectivity index (χ0n) is 15.6. The van der Waals surface area contributed by atoms with E-state index in [0.717, 1.165) is 36.6 Å². The Hall–Kier alpha value is -3.09. The van der Waals surface area contributed by atoms with E-state index in [-0.39, 0.29) is 12.5 Å². The van der Waals surface area contributed by atoms with Gasteiger partial charge in [0.15, 0.2) is 5.96 Å². The fraction of sp³-hybridized carbons (Fsp3) is 0.350. The summed E-state index contributed by atoms with van der Waals surface area (Å²) in [5.74, 6) is 0.711. The molecule has 0 fully saturated rings. The van der Waals surface area contributed by atoms with Gasteiger partial charge in [0.05, 0.1) is 6.54 Å². The molecule has 0 aliphatic heterocycles. The van der Waals surface area contributed by atoms with E-state index < -0.39 is 0 Å². The Morgan fingerprint density at radius 3 is 2.89 bits per heavy atom. The van der Waals surface area contributed by atoms with Crippen molar-refractivity contribution >= 4 is 17.6 Å². The molecule has 1 aliphatic rings. The fourth-order valence-electron chi connectivity index (χ4n) is 2.91. The van der Waals surface area contributed by atoms with Crippen LogP contribution in [0.15, 0.2) is 59.9 Å². The van der Waals surface area contributed by atoms with Gasteiger partial charge in [-0.1, -0.05) is 24.3 Å². The minimum absolute atomic E-state index is 0.108. The number of benzene rings is 1. The van der Waals surface area contributed by atoms with E-state index in [1.54, 1.807) is 23.1 Å². The number of guanidine groups is 1. The molecule has 0 radical (unpaired) electrons. The van der Waals surface area contributed by atoms with Crippen LogP contribution in [0, 0.1) is 0 Å². The third-order valence-electron chi connectivity index (χ3n) is 4.19. The average molecular weight is 366 g/mol. The number of anilines is 1. The summed E-state index contributed by atoms with van der Waals surface area (Å²) in [5, 5.41) is 13.7. The number of hydrogen-bond acceptors (Lipinski definition) is 3. The van der Waals surface area contributed by atoms with Crippen molar-refractivity contribution in [1.29, 1.82) is 0 Å². The van der Waals surface area contributed by atoms with Crippen LogP contribution in [0.5, 0.6) is 0 Å². The summed E-state index contributed by atoms with van der Waals surface area (Å²) in [6, 6.07) is 9.97. The number of carbonyl (C=O) groups is 1. The van der Waals surface area contributed by atoms with Crippen LogP contribution in [0.4, 0.5) is 5.69 Å². The second-order valence-electron chi connectivity index (χ2n) is 6.43. The number of nitrogens with one attached hydrogen (secondary N) is 3. The van der Waals surface area contributed by atoms with Gasteiger partial charge in [-0.25, -0.2) is 4.99 Å². The van der Waals surface area contributed by atoms with Crippen molar-refractivity contribution < 1.29 is 4.79 Å². The van der Waals surface area contributed by atoms with E-state index in [0.29, 0.717) is 12.6 Å². The van der Waals surface area contributed by atoms with E-state index in [2.05, 4.69) is 45.1 Å². The van der Waals surface area contributed by atoms with Gasteiger partial charge in [-0.15, -0.1) is 0 Å². The van der Waals surface area contributed by atoms with Crippen molar-refractivity contribution in [3.05, 3.63) is 60.4 Å². The first-order valence-corrected chi connectivity index (χ1v) is 9.29. The average Bonchev–Trinajstić information content (AvgIpc) is 3.34. The summed E-state index contributed by atoms with van der Waals surface area (Å²) in [7, 11) is 0. The molecule has 1 aliphatic carbocycles. The minimum Gasteiger partial charge on any atom is -0.357 e. The van der Waals surface area contributed by atoms with Crippen molar-refractivity contribution in [2.75, 3.05) is 11.9 Å². The monoisotopic (exact) mass is 366 g/mol. The molecule has 142 valence electrons. The largest absolute Gasteiger partial charge is 0.357 e. The second kappa shape index (κ2) is 9.56. The van der Waals surface area contributed by atoms with Gasteiger partial charge in [-0.3, -0.25) is 9.48 Å². The van der Waals surface area contributed by atoms with Crippen LogP contribution < -0.4 is 16.0 Å². The van der Waals surface area contributed by atoms with Crippen LogP contribution in [0.25, 0.3) is 0 Å². The molecule has 1 heterocycles. The highest BCUT2D eigenvalue weighted by molar-refractivity contribution is 5.90. The topological polar surface area (TPSA) is 83.3 Å². The second-order valence-corrected chi connectivity index (χ2v) is 6.43. The van der Waals surface area contributed by atoms with Gasteiger partial charge in [0.1, 0.15) is 6.54 Å². The first-order chi connectivity index (χ1) is 13.2. The lowest BCUT2D eigenvalue weighted by molar-refractivity contribution is -0.116. The first-order valence-electron chi connectivity index (χ1n) is 9.29. The molecule has 1 amide bonds. The van der Waals surface area contributed by atoms with E-state index >= 15 is 0 Å². The molecule has 1 aromatic heterocycles. The van der Waals surface area contributed by atoms with Crippen LogP contribution in [0.2, 0.25) is 0 Å². The number of aliphatic imine (C=N–C) groups is 1. The Balaban J connectivity index is 1.57. The van der Waals surface area contributed by atoms with Crippen LogP contribution in [0.3, 0.4) is 0 Å². The molecule has 0 bridgehead atoms. The highest BCUT2D eigenvalue weighted by Crippen LogP contribution is 2.12. The van der Waals surface area contributed by atoms with Crippen molar-refractivity contribution in [1.82, 2.24) is 20.4 Å². The maximum Gasteiger partial charge on any atom is 0.246 e. The molecule has 2 aromatic rings. The maximum absolute atomic E-state index is 12.1. The standard InChI is InChI=1S/C20H26N6O/c1-2-21-20(25-17-8-3-4-9-17)22-14-16-7-5-10-18(13-16)24-19(27)15-26-12-6-11-23-26/h3-7,10-13,17H,2,8-9,14-15H2,1H3,(H,24,27)(H2,21,22,25). The van der Waals surface area contributed by atoms with Gasteiger partial charge in [-0.05, 0) is 43.5 Å². The molecule has 27 heavy (non-hydrogen) atoms. The van der Waals surface area contributed by atoms with Crippen molar-refractivity contribution in [3.63, 3.8) is 0 Å². The predicted octanol–water partition coefficient (Wildman–Crippen LogP) is 2.30. The number of aromatic nitrogens is 2. The predicted molar refractivity (Wildman–Crippen MR) is 107 cm³/mol. The lowest BCUT2D eigenvalue weighted by Gasteiger charge is -2.16. The van der Waals surface area contributed by atoms with Crippen molar-refractivity contribution in [3.8, 4) is 0 Å². The third kappa shape index (κ3) is 5.99. The Morgan fingerprint density at radius 2 is 2.15 bits per heavy atom. The van der Waals surface area contributed by atoms with Gasteiger partial charge >= 0.3 is 0 Å². The Kier molecular flexibility index (Phi) is 6.62. The SMILES string of the molecule is CCNC(=NCc1cccc(NC(=O)Cn2cccn2)c1)NC1CC=CC1. The summed E-state index contributed by atoms with van der Waals surface area (Å²) in [6.07, 6.45) is 9.86. The molecule has 0 unspecified atom stereocenters. The van der Waals surface area contributed by atoms with Gasteiger partial charge in [-0.2, -0.15) is 5.10 Å². The Morgan fingerprint density at radius 1 is 1.30 bits per heavy atom. The number of rotatable bonds is 7. The van der Waals surface area contributed by atoms with E-state index in [9.17, 15) is 4.79 Å². The van der Waals surface area contributed by atoms with E-state index in [4.69, 9.17) is 0 Å². The van der Waals surface area contributed by atoms with Gasteiger partial charge in [0, 0.05) is 30.7 Å². The molecule has 0 atom stereocenters. The zero-order valence-corrected chi connectivity index (χ0v) is 15.6. The smallest absolute Gasteiger partial charge is 0.246 e. The minimum atomic E-state index is -0.108. The third-order valence-corrected chi connectivity index (χ3v) is 4.19. The Labute approximate surface area is 159 Å². The van der Waals surface area contributed by atoms with Crippen molar-refractivity contribution in [2.45, 2.75) is 38.9 Å². The molecule has 3 N–H and O–H groups in total. The molecular weight excluding hydrogens is 340 g/mol. The number of amides is 1. The summed E-state index contributed by atoms with van der Waals surface area (Å²) < 4.78 is 1.59. The normalized spacial score (nSPS) is 14.3. The van der Waals surface area contributed by atoms with Crippen molar-refractivity contribution in [2.24, 2.45) is 4.99 Å². The van der Waals surface area contributed by atoms with Gasteiger partial charge in [0.2, 0.25) is 5.91 Å². The zero-order chi connectivity index (χ0) is 18.9. The number of nitrogens with zero attached hydrogens (tertiary/aromatic N) is 3. The molecule has 0 saturated heterocycles. The lowest BCUT2D eigenvalue weighted by Crippen LogP contribution is -2.42. The van der Waals surface area contributed by atoms with E-state index in [1.807, 2.05) is 24.3 Å². The molecule has 3 rings (SSSR count). The molecule has 0 saturated carbocycles. The molecule has 0 spiro atoms. The lowest BCUT2D eigenvalue weighted by atomic mass is 10.2. The highest BCUT2D eigenvalue weighted by atomic mass is 16.2. The quantitative estimate of drug-likeness (QED) is 0.399. The Bertz CT molecular complexity index is 789. The summed E-state index contributed by atoms with van der Waals surface area (Å²) >= 11 is 0. The molecule has 7 nitrogen and oxygen atoms in total. The summed E-state index contributed by atoms with van der Waals surface area (Å²) in [4.78, 5) is 16.8. The number of hydrogen-bond donors (Lipinski definition) is 3. The van der Waals surface area contributed by atoms with E-state index in [1.165, 1.54) is 0 Å². The van der Waals surface area contributed by atoms with Crippen LogP contribution in [-0.4, -0.2) is 34.2 Å². The molecular formula is C20H26N6O.